The average molecular weight is 1000 g/mol. The fraction of sp³-hybridized carbons (Fsp3) is 0.355. The summed E-state index contributed by atoms with van der Waals surface area (Å²) in [6, 6.07) is 36.0. The molecule has 0 unspecified atom stereocenters. The minimum absolute atomic E-state index is 0.369. The van der Waals surface area contributed by atoms with E-state index in [2.05, 4.69) is 73.2 Å². The van der Waals surface area contributed by atoms with E-state index in [4.69, 9.17) is 18.9 Å². The van der Waals surface area contributed by atoms with Crippen molar-refractivity contribution >= 4 is 35.3 Å². The first-order chi connectivity index (χ1) is 36.2. The maximum Gasteiger partial charge on any atom is 0.326 e. The smallest absolute Gasteiger partial charge is 0.326 e. The number of hydrogen-bond donors (Lipinski definition) is 4. The molecule has 12 nitrogen and oxygen atoms in total. The van der Waals surface area contributed by atoms with Gasteiger partial charge in [-0.2, -0.15) is 0 Å². The van der Waals surface area contributed by atoms with Gasteiger partial charge in [0.1, 0.15) is 23.0 Å². The Morgan fingerprint density at radius 2 is 0.689 bits per heavy atom. The minimum Gasteiger partial charge on any atom is -0.493 e. The summed E-state index contributed by atoms with van der Waals surface area (Å²) >= 11 is 0. The largest absolute Gasteiger partial charge is 0.493 e. The Morgan fingerprint density at radius 1 is 0.365 bits per heavy atom. The number of ether oxygens (including phenoxy) is 4. The van der Waals surface area contributed by atoms with Crippen LogP contribution in [0.1, 0.15) is 157 Å². The summed E-state index contributed by atoms with van der Waals surface area (Å²) in [5.74, 6) is 1.87. The molecular formula is C62H72N4O8. The van der Waals surface area contributed by atoms with Gasteiger partial charge < -0.3 is 29.6 Å². The zero-order chi connectivity index (χ0) is 52.1. The van der Waals surface area contributed by atoms with E-state index in [1.165, 1.54) is 0 Å². The van der Waals surface area contributed by atoms with E-state index in [1.807, 2.05) is 48.5 Å². The van der Waals surface area contributed by atoms with Gasteiger partial charge in [-0.15, -0.1) is 0 Å². The standard InChI is InChI=1S/C62H72N4O8/c1-5-9-11-19-33-73-57-49-35-45-27-21-29-47(55(45)71-31-7-3)37-51-41-54(64-62(70)66-60(68)44-25-17-14-18-26-44)42-52(58(51)74-34-20-12-10-6-2)38-48-30-22-28-46(56(48)72-32-8-4)36-50(57)40-53(39-49)63-61(69)65-59(67)43-23-15-13-16-24-43/h13-18,21-30,39-42H,5-12,19-20,31-38H2,1-4H3,(H2,63,65,67,69)(H2,64,66,68,70). The molecule has 388 valence electrons. The summed E-state index contributed by atoms with van der Waals surface area (Å²) in [6.45, 7) is 10.5. The highest BCUT2D eigenvalue weighted by atomic mass is 16.5. The lowest BCUT2D eigenvalue weighted by Gasteiger charge is -2.24. The molecule has 0 fully saturated rings. The Bertz CT molecular complexity index is 2550. The third-order valence-electron chi connectivity index (χ3n) is 12.8. The second kappa shape index (κ2) is 28.0. The van der Waals surface area contributed by atoms with Crippen molar-refractivity contribution in [2.75, 3.05) is 37.1 Å². The molecule has 12 heteroatoms. The number of carbonyl (C=O) groups is 4. The third-order valence-corrected chi connectivity index (χ3v) is 12.8. The zero-order valence-electron chi connectivity index (χ0n) is 43.5. The van der Waals surface area contributed by atoms with Gasteiger partial charge in [-0.1, -0.05) is 139 Å². The molecule has 7 rings (SSSR count). The van der Waals surface area contributed by atoms with E-state index < -0.39 is 23.9 Å². The van der Waals surface area contributed by atoms with Crippen LogP contribution in [-0.2, 0) is 25.7 Å². The van der Waals surface area contributed by atoms with Crippen molar-refractivity contribution in [3.63, 3.8) is 0 Å². The molecule has 0 aliphatic heterocycles. The van der Waals surface area contributed by atoms with Crippen LogP contribution in [-0.4, -0.2) is 50.3 Å². The summed E-state index contributed by atoms with van der Waals surface area (Å²) in [6.07, 6.45) is 11.3. The van der Waals surface area contributed by atoms with Crippen LogP contribution < -0.4 is 40.2 Å². The molecule has 0 spiro atoms. The lowest BCUT2D eigenvalue weighted by atomic mass is 9.90. The fourth-order valence-electron chi connectivity index (χ4n) is 9.24. The zero-order valence-corrected chi connectivity index (χ0v) is 43.5. The van der Waals surface area contributed by atoms with E-state index >= 15 is 0 Å². The Kier molecular flexibility index (Phi) is 20.5. The van der Waals surface area contributed by atoms with Crippen LogP contribution >= 0.6 is 0 Å². The first-order valence-corrected chi connectivity index (χ1v) is 26.6. The van der Waals surface area contributed by atoms with Crippen LogP contribution in [0.25, 0.3) is 0 Å². The Hall–Kier alpha value is -7.60. The number of amides is 6. The van der Waals surface area contributed by atoms with Crippen molar-refractivity contribution in [2.24, 2.45) is 0 Å². The number of rotatable bonds is 22. The summed E-state index contributed by atoms with van der Waals surface area (Å²) in [5, 5.41) is 11.0. The van der Waals surface area contributed by atoms with Crippen molar-refractivity contribution in [3.05, 3.63) is 177 Å². The monoisotopic (exact) mass is 1000 g/mol. The van der Waals surface area contributed by atoms with Crippen molar-refractivity contribution < 1.29 is 38.1 Å². The van der Waals surface area contributed by atoms with E-state index in [0.717, 1.165) is 132 Å². The van der Waals surface area contributed by atoms with Crippen LogP contribution in [0.5, 0.6) is 23.0 Å². The molecule has 0 heterocycles. The Morgan fingerprint density at radius 3 is 1.01 bits per heavy atom. The predicted octanol–water partition coefficient (Wildman–Crippen LogP) is 13.8. The van der Waals surface area contributed by atoms with Crippen LogP contribution in [0.4, 0.5) is 21.0 Å². The van der Waals surface area contributed by atoms with Gasteiger partial charge in [0.15, 0.2) is 0 Å². The van der Waals surface area contributed by atoms with Gasteiger partial charge in [0, 0.05) is 70.4 Å². The summed E-state index contributed by atoms with van der Waals surface area (Å²) in [7, 11) is 0. The number of benzene rings is 6. The Balaban J connectivity index is 1.40. The topological polar surface area (TPSA) is 153 Å². The average Bonchev–Trinajstić information content (AvgIpc) is 3.39. The summed E-state index contributed by atoms with van der Waals surface area (Å²) < 4.78 is 27.3. The number of nitrogens with one attached hydrogen (secondary N) is 4. The van der Waals surface area contributed by atoms with Crippen LogP contribution in [0.15, 0.2) is 121 Å². The van der Waals surface area contributed by atoms with Gasteiger partial charge in [0.25, 0.3) is 11.8 Å². The van der Waals surface area contributed by atoms with Crippen molar-refractivity contribution in [2.45, 2.75) is 118 Å². The molecule has 0 saturated heterocycles. The van der Waals surface area contributed by atoms with Gasteiger partial charge in [0.05, 0.1) is 26.4 Å². The molecular weight excluding hydrogens is 929 g/mol. The van der Waals surface area contributed by atoms with Crippen LogP contribution in [0, 0.1) is 0 Å². The number of hydrogen-bond acceptors (Lipinski definition) is 8. The fourth-order valence-corrected chi connectivity index (χ4v) is 9.24. The van der Waals surface area contributed by atoms with E-state index in [9.17, 15) is 19.2 Å². The molecule has 1 aliphatic carbocycles. The predicted molar refractivity (Wildman–Crippen MR) is 294 cm³/mol. The number of carbonyl (C=O) groups excluding carboxylic acids is 4. The molecule has 8 bridgehead atoms. The molecule has 0 atom stereocenters. The number of unbranched alkanes of at least 4 members (excludes halogenated alkanes) is 6. The van der Waals surface area contributed by atoms with Gasteiger partial charge in [0.2, 0.25) is 0 Å². The maximum atomic E-state index is 13.7. The second-order valence-corrected chi connectivity index (χ2v) is 18.8. The van der Waals surface area contributed by atoms with E-state index in [0.29, 0.717) is 74.6 Å². The number of para-hydroxylation sites is 2. The first kappa shape index (κ1) is 54.2. The van der Waals surface area contributed by atoms with Crippen molar-refractivity contribution in [3.8, 4) is 23.0 Å². The Labute approximate surface area is 436 Å². The highest BCUT2D eigenvalue weighted by Crippen LogP contribution is 2.41. The van der Waals surface area contributed by atoms with E-state index in [1.54, 1.807) is 48.5 Å². The normalized spacial score (nSPS) is 11.7. The van der Waals surface area contributed by atoms with E-state index in [-0.39, 0.29) is 0 Å². The van der Waals surface area contributed by atoms with Gasteiger partial charge in [-0.05, 0) is 96.5 Å². The summed E-state index contributed by atoms with van der Waals surface area (Å²) in [4.78, 5) is 53.7. The first-order valence-electron chi connectivity index (χ1n) is 26.6. The van der Waals surface area contributed by atoms with Gasteiger partial charge in [-0.3, -0.25) is 20.2 Å². The highest BCUT2D eigenvalue weighted by Gasteiger charge is 2.25. The molecule has 6 aromatic carbocycles. The van der Waals surface area contributed by atoms with Gasteiger partial charge in [-0.25, -0.2) is 9.59 Å². The molecule has 0 aromatic heterocycles. The molecule has 4 N–H and O–H groups in total. The highest BCUT2D eigenvalue weighted by molar-refractivity contribution is 6.08. The number of anilines is 2. The number of imide groups is 2. The number of urea groups is 2. The molecule has 0 saturated carbocycles. The van der Waals surface area contributed by atoms with Crippen LogP contribution in [0.3, 0.4) is 0 Å². The quantitative estimate of drug-likeness (QED) is 0.0490. The third kappa shape index (κ3) is 15.2. The van der Waals surface area contributed by atoms with Crippen molar-refractivity contribution in [1.29, 1.82) is 0 Å². The molecule has 6 amide bonds. The van der Waals surface area contributed by atoms with Crippen molar-refractivity contribution in [1.82, 2.24) is 10.6 Å². The summed E-state index contributed by atoms with van der Waals surface area (Å²) in [5.41, 5.74) is 8.72. The molecule has 1 aliphatic rings. The molecule has 74 heavy (non-hydrogen) atoms. The minimum atomic E-state index is -0.660. The lowest BCUT2D eigenvalue weighted by Crippen LogP contribution is -2.34. The lowest BCUT2D eigenvalue weighted by molar-refractivity contribution is 0.0957. The van der Waals surface area contributed by atoms with Crippen LogP contribution in [0.2, 0.25) is 0 Å². The number of fused-ring (bicyclic) bond motifs is 8. The second-order valence-electron chi connectivity index (χ2n) is 18.8. The molecule has 6 aromatic rings. The molecule has 0 radical (unpaired) electrons. The van der Waals surface area contributed by atoms with Gasteiger partial charge >= 0.3 is 12.1 Å². The SMILES string of the molecule is CCCCCCOc1c2cc(NC(=O)NC(=O)c3ccccc3)cc1Cc1cccc(c1OCCC)Cc1cc(NC(=O)NC(=O)c3ccccc3)cc(c1OCCCCCC)Cc1cccc(c1OCCC)C2. The maximum absolute atomic E-state index is 13.7.